The molecule has 2 N–H and O–H groups in total. The minimum Gasteiger partial charge on any atom is -0.381 e. The van der Waals surface area contributed by atoms with Crippen LogP contribution in [0.3, 0.4) is 0 Å². The minimum absolute atomic E-state index is 0.00808. The molecule has 0 saturated heterocycles. The smallest absolute Gasteiger partial charge is 0.222 e. The van der Waals surface area contributed by atoms with Crippen LogP contribution in [0.15, 0.2) is 0 Å². The van der Waals surface area contributed by atoms with E-state index >= 15 is 0 Å². The van der Waals surface area contributed by atoms with E-state index in [0.29, 0.717) is 32.7 Å². The van der Waals surface area contributed by atoms with Crippen LogP contribution in [0.2, 0.25) is 0 Å². The van der Waals surface area contributed by atoms with Crippen LogP contribution in [-0.4, -0.2) is 38.1 Å². The summed E-state index contributed by atoms with van der Waals surface area (Å²) in [7, 11) is 0. The lowest BCUT2D eigenvalue weighted by atomic mass is 10.3. The van der Waals surface area contributed by atoms with E-state index in [9.17, 15) is 9.59 Å². The Labute approximate surface area is 90.6 Å². The van der Waals surface area contributed by atoms with Gasteiger partial charge in [0.25, 0.3) is 0 Å². The molecule has 0 fully saturated rings. The Morgan fingerprint density at radius 1 is 1.20 bits per heavy atom. The summed E-state index contributed by atoms with van der Waals surface area (Å²) in [5.41, 5.74) is 0. The maximum atomic E-state index is 11.1. The Morgan fingerprint density at radius 3 is 2.47 bits per heavy atom. The van der Waals surface area contributed by atoms with E-state index in [1.165, 1.54) is 6.92 Å². The lowest BCUT2D eigenvalue weighted by Gasteiger charge is -2.05. The predicted molar refractivity (Wildman–Crippen MR) is 57.4 cm³/mol. The molecular formula is C10H20N2O3. The van der Waals surface area contributed by atoms with Crippen molar-refractivity contribution in [2.45, 2.75) is 26.7 Å². The van der Waals surface area contributed by atoms with Gasteiger partial charge in [0.1, 0.15) is 0 Å². The first-order valence-electron chi connectivity index (χ1n) is 5.25. The van der Waals surface area contributed by atoms with Crippen molar-refractivity contribution in [2.24, 2.45) is 0 Å². The summed E-state index contributed by atoms with van der Waals surface area (Å²) >= 11 is 0. The van der Waals surface area contributed by atoms with Crippen LogP contribution in [-0.2, 0) is 14.3 Å². The fourth-order valence-corrected chi connectivity index (χ4v) is 0.978. The van der Waals surface area contributed by atoms with Gasteiger partial charge in [0.15, 0.2) is 0 Å². The van der Waals surface area contributed by atoms with E-state index in [0.717, 1.165) is 6.42 Å². The zero-order valence-electron chi connectivity index (χ0n) is 9.47. The van der Waals surface area contributed by atoms with Gasteiger partial charge < -0.3 is 15.4 Å². The number of hydrogen-bond acceptors (Lipinski definition) is 3. The van der Waals surface area contributed by atoms with Crippen LogP contribution < -0.4 is 10.6 Å². The largest absolute Gasteiger partial charge is 0.381 e. The Bertz CT molecular complexity index is 195. The van der Waals surface area contributed by atoms with Crippen LogP contribution in [0.25, 0.3) is 0 Å². The molecule has 0 aliphatic carbocycles. The second-order valence-electron chi connectivity index (χ2n) is 3.13. The molecule has 0 heterocycles. The molecule has 0 aromatic heterocycles. The molecule has 0 atom stereocenters. The van der Waals surface area contributed by atoms with Crippen molar-refractivity contribution in [3.63, 3.8) is 0 Å². The summed E-state index contributed by atoms with van der Waals surface area (Å²) in [4.78, 5) is 21.6. The molecule has 0 rings (SSSR count). The van der Waals surface area contributed by atoms with Crippen LogP contribution in [0.1, 0.15) is 26.7 Å². The molecule has 5 nitrogen and oxygen atoms in total. The van der Waals surface area contributed by atoms with Crippen molar-refractivity contribution >= 4 is 11.8 Å². The average molecular weight is 216 g/mol. The maximum absolute atomic E-state index is 11.1. The number of ether oxygens (including phenoxy) is 1. The average Bonchev–Trinajstić information content (AvgIpc) is 2.17. The van der Waals surface area contributed by atoms with Crippen molar-refractivity contribution in [1.82, 2.24) is 10.6 Å². The molecule has 0 spiro atoms. The Morgan fingerprint density at radius 2 is 1.87 bits per heavy atom. The Balaban J connectivity index is 3.20. The quantitative estimate of drug-likeness (QED) is 0.564. The molecule has 15 heavy (non-hydrogen) atoms. The first kappa shape index (κ1) is 13.9. The van der Waals surface area contributed by atoms with Crippen molar-refractivity contribution in [3.8, 4) is 0 Å². The van der Waals surface area contributed by atoms with Crippen LogP contribution in [0, 0.1) is 0 Å². The van der Waals surface area contributed by atoms with Crippen molar-refractivity contribution in [2.75, 3.05) is 26.3 Å². The monoisotopic (exact) mass is 216 g/mol. The van der Waals surface area contributed by atoms with E-state index < -0.39 is 0 Å². The summed E-state index contributed by atoms with van der Waals surface area (Å²) < 4.78 is 5.05. The van der Waals surface area contributed by atoms with Gasteiger partial charge >= 0.3 is 0 Å². The third kappa shape index (κ3) is 10.8. The van der Waals surface area contributed by atoms with Crippen molar-refractivity contribution in [3.05, 3.63) is 0 Å². The highest BCUT2D eigenvalue weighted by Crippen LogP contribution is 1.83. The Kier molecular flexibility index (Phi) is 8.76. The zero-order valence-corrected chi connectivity index (χ0v) is 9.47. The molecular weight excluding hydrogens is 196 g/mol. The summed E-state index contributed by atoms with van der Waals surface area (Å²) in [5, 5.41) is 5.40. The van der Waals surface area contributed by atoms with Gasteiger partial charge in [-0.15, -0.1) is 0 Å². The number of hydrogen-bond donors (Lipinski definition) is 2. The fraction of sp³-hybridized carbons (Fsp3) is 0.800. The number of amides is 2. The predicted octanol–water partition coefficient (Wildman–Crippen LogP) is 0.0554. The number of nitrogens with one attached hydrogen (secondary N) is 2. The van der Waals surface area contributed by atoms with Gasteiger partial charge in [-0.1, -0.05) is 0 Å². The van der Waals surface area contributed by atoms with Gasteiger partial charge in [0, 0.05) is 33.0 Å². The van der Waals surface area contributed by atoms with E-state index in [1.54, 1.807) is 0 Å². The zero-order chi connectivity index (χ0) is 11.5. The SMILES string of the molecule is CCOCCC(=O)NCCCNC(C)=O. The Hall–Kier alpha value is -1.10. The number of carbonyl (C=O) groups is 2. The third-order valence-electron chi connectivity index (χ3n) is 1.73. The molecule has 2 amide bonds. The van der Waals surface area contributed by atoms with E-state index in [4.69, 9.17) is 4.74 Å². The van der Waals surface area contributed by atoms with Crippen molar-refractivity contribution in [1.29, 1.82) is 0 Å². The van der Waals surface area contributed by atoms with E-state index in [1.807, 2.05) is 6.92 Å². The molecule has 0 saturated carbocycles. The molecule has 5 heteroatoms. The topological polar surface area (TPSA) is 67.4 Å². The van der Waals surface area contributed by atoms with Crippen LogP contribution in [0.5, 0.6) is 0 Å². The van der Waals surface area contributed by atoms with E-state index in [-0.39, 0.29) is 11.8 Å². The highest BCUT2D eigenvalue weighted by molar-refractivity contribution is 5.75. The first-order valence-corrected chi connectivity index (χ1v) is 5.25. The van der Waals surface area contributed by atoms with Crippen LogP contribution in [0.4, 0.5) is 0 Å². The molecule has 0 radical (unpaired) electrons. The number of rotatable bonds is 8. The molecule has 0 aromatic carbocycles. The van der Waals surface area contributed by atoms with Gasteiger partial charge in [-0.3, -0.25) is 9.59 Å². The minimum atomic E-state index is -0.0438. The molecule has 0 aliphatic rings. The summed E-state index contributed by atoms with van der Waals surface area (Å²) in [5.74, 6) is -0.0519. The molecule has 0 unspecified atom stereocenters. The van der Waals surface area contributed by atoms with Gasteiger partial charge in [0.2, 0.25) is 11.8 Å². The summed E-state index contributed by atoms with van der Waals surface area (Å²) in [6.07, 6.45) is 1.15. The molecule has 0 aromatic rings. The summed E-state index contributed by atoms with van der Waals surface area (Å²) in [6.45, 7) is 5.65. The molecule has 0 aliphatic heterocycles. The maximum Gasteiger partial charge on any atom is 0.222 e. The van der Waals surface area contributed by atoms with Crippen molar-refractivity contribution < 1.29 is 14.3 Å². The number of carbonyl (C=O) groups excluding carboxylic acids is 2. The first-order chi connectivity index (χ1) is 7.16. The van der Waals surface area contributed by atoms with Gasteiger partial charge in [-0.05, 0) is 13.3 Å². The normalized spacial score (nSPS) is 9.73. The summed E-state index contributed by atoms with van der Waals surface area (Å²) in [6, 6.07) is 0. The van der Waals surface area contributed by atoms with Gasteiger partial charge in [-0.2, -0.15) is 0 Å². The lowest BCUT2D eigenvalue weighted by molar-refractivity contribution is -0.122. The van der Waals surface area contributed by atoms with Crippen LogP contribution >= 0.6 is 0 Å². The molecule has 0 bridgehead atoms. The van der Waals surface area contributed by atoms with E-state index in [2.05, 4.69) is 10.6 Å². The second-order valence-corrected chi connectivity index (χ2v) is 3.13. The van der Waals surface area contributed by atoms with Gasteiger partial charge in [-0.25, -0.2) is 0 Å². The lowest BCUT2D eigenvalue weighted by Crippen LogP contribution is -2.29. The second kappa shape index (κ2) is 9.45. The molecule has 88 valence electrons. The third-order valence-corrected chi connectivity index (χ3v) is 1.73. The fourth-order valence-electron chi connectivity index (χ4n) is 0.978. The highest BCUT2D eigenvalue weighted by atomic mass is 16.5. The standard InChI is InChI=1S/C10H20N2O3/c1-3-15-8-5-10(14)12-7-4-6-11-9(2)13/h3-8H2,1-2H3,(H,11,13)(H,12,14). The van der Waals surface area contributed by atoms with Gasteiger partial charge in [0.05, 0.1) is 6.61 Å². The highest BCUT2D eigenvalue weighted by Gasteiger charge is 1.99.